The fourth-order valence-corrected chi connectivity index (χ4v) is 4.90. The lowest BCUT2D eigenvalue weighted by Crippen LogP contribution is -2.44. The molecule has 5 nitrogen and oxygen atoms in total. The molecule has 2 aromatic rings. The molecule has 0 bridgehead atoms. The minimum Gasteiger partial charge on any atom is -0.387 e. The lowest BCUT2D eigenvalue weighted by Gasteiger charge is -2.39. The first-order chi connectivity index (χ1) is 14.3. The molecule has 2 heterocycles. The molecule has 2 unspecified atom stereocenters. The predicted octanol–water partition coefficient (Wildman–Crippen LogP) is 3.14. The van der Waals surface area contributed by atoms with Gasteiger partial charge in [-0.25, -0.2) is 4.39 Å². The van der Waals surface area contributed by atoms with Gasteiger partial charge in [-0.1, -0.05) is 30.3 Å². The molecule has 0 spiro atoms. The zero-order chi connectivity index (χ0) is 21.5. The van der Waals surface area contributed by atoms with Crippen LogP contribution in [0.1, 0.15) is 49.5 Å². The number of amides is 1. The molecule has 0 aromatic heterocycles. The minimum absolute atomic E-state index is 0.0326. The van der Waals surface area contributed by atoms with Crippen LogP contribution >= 0.6 is 0 Å². The average molecular weight is 413 g/mol. The fraction of sp³-hybridized carbons (Fsp3) is 0.458. The second-order valence-electron chi connectivity index (χ2n) is 8.66. The van der Waals surface area contributed by atoms with Crippen LogP contribution in [0, 0.1) is 5.82 Å². The van der Waals surface area contributed by atoms with Crippen LogP contribution in [-0.4, -0.2) is 46.7 Å². The summed E-state index contributed by atoms with van der Waals surface area (Å²) in [6, 6.07) is 12.3. The summed E-state index contributed by atoms with van der Waals surface area (Å²) in [5.74, 6) is -0.342. The van der Waals surface area contributed by atoms with E-state index in [1.165, 1.54) is 6.07 Å². The monoisotopic (exact) mass is 412 g/mol. The highest BCUT2D eigenvalue weighted by atomic mass is 19.1. The molecule has 0 radical (unpaired) electrons. The second kappa shape index (κ2) is 8.10. The smallest absolute Gasteiger partial charge is 0.224 e. The lowest BCUT2D eigenvalue weighted by molar-refractivity contribution is -0.116. The summed E-state index contributed by atoms with van der Waals surface area (Å²) < 4.78 is 14.1. The molecule has 6 heteroatoms. The van der Waals surface area contributed by atoms with Gasteiger partial charge in [0.15, 0.2) is 0 Å². The number of benzene rings is 2. The van der Waals surface area contributed by atoms with Crippen molar-refractivity contribution in [3.05, 3.63) is 65.0 Å². The maximum Gasteiger partial charge on any atom is 0.224 e. The number of carbonyl (C=O) groups is 1. The number of anilines is 1. The van der Waals surface area contributed by atoms with E-state index >= 15 is 0 Å². The van der Waals surface area contributed by atoms with Gasteiger partial charge in [0.25, 0.3) is 0 Å². The number of β-amino-alcohol motifs (C(OH)–C–C–N with tert-alkyl or cyclic N) is 1. The van der Waals surface area contributed by atoms with Crippen molar-refractivity contribution in [2.24, 2.45) is 0 Å². The van der Waals surface area contributed by atoms with Crippen LogP contribution in [0.3, 0.4) is 0 Å². The number of carbonyl (C=O) groups excluding carboxylic acids is 1. The van der Waals surface area contributed by atoms with Crippen molar-refractivity contribution in [2.45, 2.75) is 50.9 Å². The van der Waals surface area contributed by atoms with Crippen LogP contribution in [-0.2, 0) is 16.8 Å². The van der Waals surface area contributed by atoms with E-state index < -0.39 is 11.7 Å². The highest BCUT2D eigenvalue weighted by molar-refractivity contribution is 5.94. The molecule has 1 amide bonds. The van der Waals surface area contributed by atoms with Crippen molar-refractivity contribution in [1.29, 1.82) is 0 Å². The van der Waals surface area contributed by atoms with Gasteiger partial charge in [0, 0.05) is 43.9 Å². The van der Waals surface area contributed by atoms with E-state index in [0.29, 0.717) is 38.0 Å². The molecule has 1 fully saturated rings. The Morgan fingerprint density at radius 3 is 2.60 bits per heavy atom. The van der Waals surface area contributed by atoms with Crippen LogP contribution in [0.4, 0.5) is 10.1 Å². The first-order valence-electron chi connectivity index (χ1n) is 10.6. The van der Waals surface area contributed by atoms with Gasteiger partial charge in [0.1, 0.15) is 5.82 Å². The predicted molar refractivity (Wildman–Crippen MR) is 114 cm³/mol. The largest absolute Gasteiger partial charge is 0.387 e. The summed E-state index contributed by atoms with van der Waals surface area (Å²) in [6.45, 7) is 5.23. The number of fused-ring (bicyclic) bond motifs is 1. The van der Waals surface area contributed by atoms with Crippen LogP contribution in [0.25, 0.3) is 0 Å². The number of hydrogen-bond acceptors (Lipinski definition) is 4. The number of piperidine rings is 1. The van der Waals surface area contributed by atoms with Crippen LogP contribution < -0.4 is 4.90 Å². The molecule has 4 rings (SSSR count). The topological polar surface area (TPSA) is 64.0 Å². The Kier molecular flexibility index (Phi) is 5.66. The summed E-state index contributed by atoms with van der Waals surface area (Å²) in [5.41, 5.74) is 2.04. The standard InChI is InChI=1S/C24H29FN2O3/c1-16-13-19-14-18(7-8-22(19)27(16)17(2)28)23(29)15-26-11-9-24(30,10-12-26)20-5-3-4-6-21(20)25/h3-8,14,16,23,29-30H,9-13,15H2,1-2H3. The van der Waals surface area contributed by atoms with Gasteiger partial charge in [-0.05, 0) is 49.4 Å². The van der Waals surface area contributed by atoms with Gasteiger partial charge in [-0.3, -0.25) is 4.79 Å². The van der Waals surface area contributed by atoms with E-state index in [2.05, 4.69) is 4.90 Å². The number of rotatable bonds is 4. The van der Waals surface area contributed by atoms with Crippen molar-refractivity contribution in [3.63, 3.8) is 0 Å². The molecule has 2 N–H and O–H groups in total. The Balaban J connectivity index is 1.40. The third kappa shape index (κ3) is 3.87. The SMILES string of the molecule is CC(=O)N1c2ccc(C(O)CN3CCC(O)(c4ccccc4F)CC3)cc2CC1C. The van der Waals surface area contributed by atoms with E-state index in [9.17, 15) is 19.4 Å². The second-order valence-corrected chi connectivity index (χ2v) is 8.66. The number of hydrogen-bond donors (Lipinski definition) is 2. The summed E-state index contributed by atoms with van der Waals surface area (Å²) >= 11 is 0. The third-order valence-corrected chi connectivity index (χ3v) is 6.53. The quantitative estimate of drug-likeness (QED) is 0.810. The summed E-state index contributed by atoms with van der Waals surface area (Å²) in [6.07, 6.45) is 0.984. The Hall–Kier alpha value is -2.28. The molecule has 2 aliphatic heterocycles. The number of aliphatic hydroxyl groups is 2. The molecule has 0 saturated carbocycles. The Morgan fingerprint density at radius 2 is 1.93 bits per heavy atom. The van der Waals surface area contributed by atoms with Gasteiger partial charge in [0.2, 0.25) is 5.91 Å². The maximum absolute atomic E-state index is 14.1. The summed E-state index contributed by atoms with van der Waals surface area (Å²) in [7, 11) is 0. The zero-order valence-electron chi connectivity index (χ0n) is 17.5. The maximum atomic E-state index is 14.1. The van der Waals surface area contributed by atoms with Crippen molar-refractivity contribution in [3.8, 4) is 0 Å². The Morgan fingerprint density at radius 1 is 1.23 bits per heavy atom. The number of nitrogens with zero attached hydrogens (tertiary/aromatic N) is 2. The van der Waals surface area contributed by atoms with Crippen molar-refractivity contribution in [1.82, 2.24) is 4.90 Å². The minimum atomic E-state index is -1.16. The summed E-state index contributed by atoms with van der Waals surface area (Å²) in [5, 5.41) is 21.7. The Bertz CT molecular complexity index is 940. The highest BCUT2D eigenvalue weighted by Crippen LogP contribution is 2.36. The van der Waals surface area contributed by atoms with Crippen LogP contribution in [0.5, 0.6) is 0 Å². The molecule has 2 aromatic carbocycles. The Labute approximate surface area is 176 Å². The van der Waals surface area contributed by atoms with Crippen molar-refractivity contribution < 1.29 is 19.4 Å². The van der Waals surface area contributed by atoms with E-state index in [4.69, 9.17) is 0 Å². The van der Waals surface area contributed by atoms with E-state index in [-0.39, 0.29) is 17.8 Å². The first-order valence-corrected chi connectivity index (χ1v) is 10.6. The number of likely N-dealkylation sites (tertiary alicyclic amines) is 1. The molecule has 0 aliphatic carbocycles. The van der Waals surface area contributed by atoms with Crippen molar-refractivity contribution in [2.75, 3.05) is 24.5 Å². The molecule has 30 heavy (non-hydrogen) atoms. The van der Waals surface area contributed by atoms with Gasteiger partial charge in [-0.2, -0.15) is 0 Å². The number of aliphatic hydroxyl groups excluding tert-OH is 1. The zero-order valence-corrected chi connectivity index (χ0v) is 17.5. The van der Waals surface area contributed by atoms with E-state index in [0.717, 1.165) is 23.2 Å². The van der Waals surface area contributed by atoms with Gasteiger partial charge in [-0.15, -0.1) is 0 Å². The average Bonchev–Trinajstić information content (AvgIpc) is 3.05. The molecule has 160 valence electrons. The van der Waals surface area contributed by atoms with Gasteiger partial charge in [0.05, 0.1) is 11.7 Å². The third-order valence-electron chi connectivity index (χ3n) is 6.53. The van der Waals surface area contributed by atoms with Crippen LogP contribution in [0.15, 0.2) is 42.5 Å². The fourth-order valence-electron chi connectivity index (χ4n) is 4.90. The summed E-state index contributed by atoms with van der Waals surface area (Å²) in [4.78, 5) is 15.8. The molecule has 2 aliphatic rings. The van der Waals surface area contributed by atoms with Gasteiger partial charge < -0.3 is 20.0 Å². The molecule has 2 atom stereocenters. The molecular formula is C24H29FN2O3. The number of halogens is 1. The van der Waals surface area contributed by atoms with Crippen molar-refractivity contribution >= 4 is 11.6 Å². The molecular weight excluding hydrogens is 383 g/mol. The van der Waals surface area contributed by atoms with Crippen LogP contribution in [0.2, 0.25) is 0 Å². The normalized spacial score (nSPS) is 22.0. The lowest BCUT2D eigenvalue weighted by atomic mass is 9.84. The highest BCUT2D eigenvalue weighted by Gasteiger charge is 2.36. The van der Waals surface area contributed by atoms with E-state index in [1.807, 2.05) is 25.1 Å². The molecule has 1 saturated heterocycles. The van der Waals surface area contributed by atoms with E-state index in [1.54, 1.807) is 30.0 Å². The van der Waals surface area contributed by atoms with Gasteiger partial charge >= 0.3 is 0 Å². The first kappa shape index (κ1) is 21.0.